The number of halogens is 3. The van der Waals surface area contributed by atoms with E-state index in [0.29, 0.717) is 12.1 Å². The zero-order chi connectivity index (χ0) is 11.4. The lowest BCUT2D eigenvalue weighted by Gasteiger charge is -2.08. The highest BCUT2D eigenvalue weighted by molar-refractivity contribution is 5.81. The Morgan fingerprint density at radius 2 is 2.13 bits per heavy atom. The second kappa shape index (κ2) is 4.46. The summed E-state index contributed by atoms with van der Waals surface area (Å²) < 4.78 is 40.6. The van der Waals surface area contributed by atoms with Crippen molar-refractivity contribution in [1.82, 2.24) is 0 Å². The Morgan fingerprint density at radius 1 is 1.47 bits per heavy atom. The van der Waals surface area contributed by atoms with E-state index in [9.17, 15) is 18.0 Å². The van der Waals surface area contributed by atoms with Gasteiger partial charge in [0.05, 0.1) is 11.1 Å². The third-order valence-electron chi connectivity index (χ3n) is 1.54. The molecule has 0 saturated carbocycles. The normalized spacial score (nSPS) is 9.80. The number of carbonyl (C=O) groups is 1. The average molecular weight is 215 g/mol. The number of hydrogen-bond acceptors (Lipinski definition) is 3. The first-order valence-electron chi connectivity index (χ1n) is 3.72. The van der Waals surface area contributed by atoms with E-state index in [1.54, 1.807) is 0 Å². The lowest BCUT2D eigenvalue weighted by atomic mass is 10.1. The SMILES string of the molecule is N#Cc1cc(F)cc(C=O)c1OC(F)F. The number of ether oxygens (including phenoxy) is 1. The molecule has 78 valence electrons. The summed E-state index contributed by atoms with van der Waals surface area (Å²) in [5.41, 5.74) is -0.871. The summed E-state index contributed by atoms with van der Waals surface area (Å²) in [4.78, 5) is 10.4. The minimum Gasteiger partial charge on any atom is -0.433 e. The van der Waals surface area contributed by atoms with Crippen LogP contribution in [0.25, 0.3) is 0 Å². The molecule has 0 bridgehead atoms. The molecule has 0 aliphatic rings. The van der Waals surface area contributed by atoms with E-state index in [1.807, 2.05) is 0 Å². The van der Waals surface area contributed by atoms with Crippen LogP contribution in [0, 0.1) is 17.1 Å². The van der Waals surface area contributed by atoms with Crippen molar-refractivity contribution >= 4 is 6.29 Å². The van der Waals surface area contributed by atoms with Crippen LogP contribution >= 0.6 is 0 Å². The third kappa shape index (κ3) is 2.47. The summed E-state index contributed by atoms with van der Waals surface area (Å²) in [6.07, 6.45) is 0.141. The lowest BCUT2D eigenvalue weighted by Crippen LogP contribution is -2.06. The largest absolute Gasteiger partial charge is 0.433 e. The summed E-state index contributed by atoms with van der Waals surface area (Å²) in [5.74, 6) is -1.47. The Kier molecular flexibility index (Phi) is 3.29. The van der Waals surface area contributed by atoms with E-state index < -0.39 is 29.3 Å². The molecule has 0 aliphatic carbocycles. The molecule has 15 heavy (non-hydrogen) atoms. The Hall–Kier alpha value is -2.03. The maximum absolute atomic E-state index is 12.8. The van der Waals surface area contributed by atoms with Crippen LogP contribution < -0.4 is 4.74 Å². The van der Waals surface area contributed by atoms with Crippen LogP contribution in [0.15, 0.2) is 12.1 Å². The van der Waals surface area contributed by atoms with Gasteiger partial charge < -0.3 is 4.74 Å². The number of nitrogens with zero attached hydrogens (tertiary/aromatic N) is 1. The van der Waals surface area contributed by atoms with E-state index in [2.05, 4.69) is 4.74 Å². The van der Waals surface area contributed by atoms with E-state index in [0.717, 1.165) is 0 Å². The predicted octanol–water partition coefficient (Wildman–Crippen LogP) is 2.11. The summed E-state index contributed by atoms with van der Waals surface area (Å²) >= 11 is 0. The van der Waals surface area contributed by atoms with Crippen molar-refractivity contribution < 1.29 is 22.7 Å². The molecule has 0 saturated heterocycles. The van der Waals surface area contributed by atoms with Crippen molar-refractivity contribution in [3.8, 4) is 11.8 Å². The van der Waals surface area contributed by atoms with Gasteiger partial charge in [0.25, 0.3) is 0 Å². The second-order valence-electron chi connectivity index (χ2n) is 2.48. The minimum absolute atomic E-state index is 0.141. The van der Waals surface area contributed by atoms with Crippen molar-refractivity contribution in [3.05, 3.63) is 29.1 Å². The van der Waals surface area contributed by atoms with Gasteiger partial charge in [-0.05, 0) is 12.1 Å². The van der Waals surface area contributed by atoms with Crippen LogP contribution in [0.2, 0.25) is 0 Å². The van der Waals surface area contributed by atoms with Gasteiger partial charge in [0.2, 0.25) is 0 Å². The van der Waals surface area contributed by atoms with Crippen LogP contribution in [0.4, 0.5) is 13.2 Å². The van der Waals surface area contributed by atoms with Crippen LogP contribution in [0.5, 0.6) is 5.75 Å². The number of carbonyl (C=O) groups excluding carboxylic acids is 1. The van der Waals surface area contributed by atoms with Crippen molar-refractivity contribution in [3.63, 3.8) is 0 Å². The fraction of sp³-hybridized carbons (Fsp3) is 0.111. The molecule has 0 unspecified atom stereocenters. The molecule has 6 heteroatoms. The first-order valence-corrected chi connectivity index (χ1v) is 3.72. The van der Waals surface area contributed by atoms with Crippen LogP contribution in [0.3, 0.4) is 0 Å². The molecule has 3 nitrogen and oxygen atoms in total. The highest BCUT2D eigenvalue weighted by Gasteiger charge is 2.16. The van der Waals surface area contributed by atoms with E-state index in [1.165, 1.54) is 6.07 Å². The zero-order valence-electron chi connectivity index (χ0n) is 7.21. The number of rotatable bonds is 3. The average Bonchev–Trinajstić information content (AvgIpc) is 2.19. The molecular formula is C9H4F3NO2. The molecule has 1 aromatic rings. The van der Waals surface area contributed by atoms with Gasteiger partial charge in [-0.25, -0.2) is 4.39 Å². The van der Waals surface area contributed by atoms with E-state index in [4.69, 9.17) is 5.26 Å². The maximum Gasteiger partial charge on any atom is 0.387 e. The van der Waals surface area contributed by atoms with E-state index >= 15 is 0 Å². The third-order valence-corrected chi connectivity index (χ3v) is 1.54. The molecular weight excluding hydrogens is 211 g/mol. The molecule has 0 fully saturated rings. The van der Waals surface area contributed by atoms with Gasteiger partial charge in [-0.2, -0.15) is 14.0 Å². The molecule has 0 aliphatic heterocycles. The lowest BCUT2D eigenvalue weighted by molar-refractivity contribution is -0.0503. The fourth-order valence-electron chi connectivity index (χ4n) is 1.01. The van der Waals surface area contributed by atoms with Crippen molar-refractivity contribution in [2.45, 2.75) is 6.61 Å². The Bertz CT molecular complexity index is 426. The van der Waals surface area contributed by atoms with Crippen LogP contribution in [-0.4, -0.2) is 12.9 Å². The molecule has 0 radical (unpaired) electrons. The van der Waals surface area contributed by atoms with Gasteiger partial charge in [-0.3, -0.25) is 4.79 Å². The smallest absolute Gasteiger partial charge is 0.387 e. The fourth-order valence-corrected chi connectivity index (χ4v) is 1.01. The molecule has 0 spiro atoms. The quantitative estimate of drug-likeness (QED) is 0.725. The Balaban J connectivity index is 3.32. The van der Waals surface area contributed by atoms with Gasteiger partial charge in [-0.15, -0.1) is 0 Å². The first-order chi connectivity index (χ1) is 7.08. The standard InChI is InChI=1S/C9H4F3NO2/c10-7-1-5(3-13)8(15-9(11)12)6(2-7)4-14/h1-2,4,9H. The second-order valence-corrected chi connectivity index (χ2v) is 2.48. The molecule has 1 rings (SSSR count). The molecule has 0 heterocycles. The van der Waals surface area contributed by atoms with Crippen LogP contribution in [0.1, 0.15) is 15.9 Å². The van der Waals surface area contributed by atoms with E-state index in [-0.39, 0.29) is 6.29 Å². The minimum atomic E-state index is -3.18. The number of nitriles is 1. The Morgan fingerprint density at radius 3 is 2.60 bits per heavy atom. The van der Waals surface area contributed by atoms with Gasteiger partial charge >= 0.3 is 6.61 Å². The highest BCUT2D eigenvalue weighted by Crippen LogP contribution is 2.25. The topological polar surface area (TPSA) is 50.1 Å². The maximum atomic E-state index is 12.8. The molecule has 0 aromatic heterocycles. The molecule has 0 N–H and O–H groups in total. The number of benzene rings is 1. The summed E-state index contributed by atoms with van der Waals surface area (Å²) in [5, 5.41) is 8.52. The highest BCUT2D eigenvalue weighted by atomic mass is 19.3. The summed E-state index contributed by atoms with van der Waals surface area (Å²) in [6.45, 7) is -3.18. The zero-order valence-corrected chi connectivity index (χ0v) is 7.21. The van der Waals surface area contributed by atoms with Gasteiger partial charge in [0.15, 0.2) is 12.0 Å². The van der Waals surface area contributed by atoms with Crippen LogP contribution in [-0.2, 0) is 0 Å². The van der Waals surface area contributed by atoms with Crippen molar-refractivity contribution in [2.75, 3.05) is 0 Å². The molecule has 0 amide bonds. The molecule has 0 atom stereocenters. The Labute approximate surface area is 82.7 Å². The van der Waals surface area contributed by atoms with Gasteiger partial charge in [0, 0.05) is 0 Å². The van der Waals surface area contributed by atoms with Gasteiger partial charge in [-0.1, -0.05) is 0 Å². The van der Waals surface area contributed by atoms with Crippen molar-refractivity contribution in [1.29, 1.82) is 5.26 Å². The number of alkyl halides is 2. The van der Waals surface area contributed by atoms with Crippen molar-refractivity contribution in [2.24, 2.45) is 0 Å². The summed E-state index contributed by atoms with van der Waals surface area (Å²) in [6, 6.07) is 2.89. The first kappa shape index (κ1) is 11.0. The predicted molar refractivity (Wildman–Crippen MR) is 43.1 cm³/mol. The van der Waals surface area contributed by atoms with Gasteiger partial charge in [0.1, 0.15) is 11.9 Å². The summed E-state index contributed by atoms with van der Waals surface area (Å²) in [7, 11) is 0. The number of aldehydes is 1. The molecule has 1 aromatic carbocycles. The number of hydrogen-bond donors (Lipinski definition) is 0. The monoisotopic (exact) mass is 215 g/mol.